The zero-order valence-corrected chi connectivity index (χ0v) is 10.2. The number of anilines is 1. The van der Waals surface area contributed by atoms with Gasteiger partial charge in [0.15, 0.2) is 5.13 Å². The van der Waals surface area contributed by atoms with Crippen LogP contribution in [0.4, 0.5) is 5.13 Å². The average Bonchev–Trinajstić information content (AvgIpc) is 2.50. The second kappa shape index (κ2) is 3.88. The zero-order valence-electron chi connectivity index (χ0n) is 7.00. The van der Waals surface area contributed by atoms with E-state index < -0.39 is 0 Å². The second-order valence-electron chi connectivity index (χ2n) is 2.73. The van der Waals surface area contributed by atoms with Crippen molar-refractivity contribution >= 4 is 44.0 Å². The quantitative estimate of drug-likeness (QED) is 0.867. The van der Waals surface area contributed by atoms with E-state index in [0.29, 0.717) is 10.2 Å². The lowest BCUT2D eigenvalue weighted by Crippen LogP contribution is -1.83. The molecule has 2 rings (SSSR count). The fraction of sp³-hybridized carbons (Fsp3) is 0. The van der Waals surface area contributed by atoms with Crippen molar-refractivity contribution in [3.63, 3.8) is 0 Å². The van der Waals surface area contributed by atoms with Crippen LogP contribution in [-0.2, 0) is 0 Å². The van der Waals surface area contributed by atoms with Gasteiger partial charge in [0.25, 0.3) is 0 Å². The van der Waals surface area contributed by atoms with E-state index in [1.165, 1.54) is 11.3 Å². The van der Waals surface area contributed by atoms with Crippen molar-refractivity contribution in [2.45, 2.75) is 0 Å². The number of nitrogens with zero attached hydrogens (tertiary/aromatic N) is 1. The van der Waals surface area contributed by atoms with Crippen molar-refractivity contribution in [1.82, 2.24) is 4.98 Å². The number of rotatable bonds is 1. The van der Waals surface area contributed by atoms with Gasteiger partial charge in [0.2, 0.25) is 0 Å². The van der Waals surface area contributed by atoms with Crippen molar-refractivity contribution < 1.29 is 0 Å². The second-order valence-corrected chi connectivity index (χ2v) is 4.97. The summed E-state index contributed by atoms with van der Waals surface area (Å²) >= 11 is 10.7. The summed E-state index contributed by atoms with van der Waals surface area (Å²) in [5, 5.41) is 3.16. The first-order chi connectivity index (χ1) is 6.65. The molecule has 1 aromatic carbocycles. The molecule has 0 bridgehead atoms. The van der Waals surface area contributed by atoms with Crippen molar-refractivity contribution in [3.05, 3.63) is 33.1 Å². The van der Waals surface area contributed by atoms with Gasteiger partial charge in [-0.25, -0.2) is 4.98 Å². The van der Waals surface area contributed by atoms with Gasteiger partial charge in [-0.3, -0.25) is 0 Å². The van der Waals surface area contributed by atoms with Crippen LogP contribution < -0.4 is 5.73 Å². The van der Waals surface area contributed by atoms with Crippen molar-refractivity contribution in [2.24, 2.45) is 0 Å². The first-order valence-electron chi connectivity index (χ1n) is 3.82. The van der Waals surface area contributed by atoms with Crippen molar-refractivity contribution in [1.29, 1.82) is 0 Å². The largest absolute Gasteiger partial charge is 0.375 e. The Balaban J connectivity index is 2.51. The van der Waals surface area contributed by atoms with Gasteiger partial charge in [0.05, 0.1) is 5.69 Å². The van der Waals surface area contributed by atoms with Crippen LogP contribution in [0.3, 0.4) is 0 Å². The molecule has 0 atom stereocenters. The molecule has 14 heavy (non-hydrogen) atoms. The molecule has 5 heteroatoms. The Morgan fingerprint density at radius 3 is 2.71 bits per heavy atom. The molecule has 0 fully saturated rings. The van der Waals surface area contributed by atoms with E-state index in [9.17, 15) is 0 Å². The molecule has 0 aliphatic heterocycles. The van der Waals surface area contributed by atoms with Crippen LogP contribution in [0.2, 0.25) is 5.02 Å². The summed E-state index contributed by atoms with van der Waals surface area (Å²) in [6, 6.07) is 5.65. The molecule has 0 aliphatic carbocycles. The van der Waals surface area contributed by atoms with Crippen LogP contribution in [-0.4, -0.2) is 4.98 Å². The molecule has 0 aliphatic rings. The minimum absolute atomic E-state index is 0.566. The van der Waals surface area contributed by atoms with E-state index in [2.05, 4.69) is 20.9 Å². The van der Waals surface area contributed by atoms with Crippen molar-refractivity contribution in [2.75, 3.05) is 5.73 Å². The highest BCUT2D eigenvalue weighted by molar-refractivity contribution is 9.10. The number of hydrogen-bond donors (Lipinski definition) is 1. The molecule has 1 aromatic heterocycles. The lowest BCUT2D eigenvalue weighted by Gasteiger charge is -1.98. The molecule has 72 valence electrons. The summed E-state index contributed by atoms with van der Waals surface area (Å²) in [7, 11) is 0. The lowest BCUT2D eigenvalue weighted by molar-refractivity contribution is 1.41. The number of benzene rings is 1. The van der Waals surface area contributed by atoms with Crippen LogP contribution in [0.15, 0.2) is 28.1 Å². The normalized spacial score (nSPS) is 10.4. The number of halogens is 2. The maximum absolute atomic E-state index is 5.92. The zero-order chi connectivity index (χ0) is 10.1. The average molecular weight is 290 g/mol. The number of hydrogen-bond acceptors (Lipinski definition) is 3. The highest BCUT2D eigenvalue weighted by Gasteiger charge is 2.04. The van der Waals surface area contributed by atoms with E-state index in [1.54, 1.807) is 0 Å². The van der Waals surface area contributed by atoms with Crippen LogP contribution in [0.5, 0.6) is 0 Å². The predicted octanol–water partition coefficient (Wildman–Crippen LogP) is 3.81. The summed E-state index contributed by atoms with van der Waals surface area (Å²) in [6.45, 7) is 0. The highest BCUT2D eigenvalue weighted by atomic mass is 79.9. The third kappa shape index (κ3) is 2.08. The molecule has 0 saturated carbocycles. The van der Waals surface area contributed by atoms with E-state index in [-0.39, 0.29) is 0 Å². The number of nitrogens with two attached hydrogens (primary N) is 1. The molecule has 0 saturated heterocycles. The molecule has 2 aromatic rings. The van der Waals surface area contributed by atoms with Gasteiger partial charge in [-0.2, -0.15) is 0 Å². The molecule has 2 nitrogen and oxygen atoms in total. The highest BCUT2D eigenvalue weighted by Crippen LogP contribution is 2.28. The van der Waals surface area contributed by atoms with E-state index in [1.807, 2.05) is 23.6 Å². The topological polar surface area (TPSA) is 38.9 Å². The summed E-state index contributed by atoms with van der Waals surface area (Å²) in [4.78, 5) is 4.18. The Morgan fingerprint density at radius 1 is 1.36 bits per heavy atom. The van der Waals surface area contributed by atoms with Gasteiger partial charge in [-0.15, -0.1) is 11.3 Å². The number of thiazole rings is 1. The molecule has 0 unspecified atom stereocenters. The smallest absolute Gasteiger partial charge is 0.180 e. The molecule has 0 radical (unpaired) electrons. The fourth-order valence-electron chi connectivity index (χ4n) is 1.12. The van der Waals surface area contributed by atoms with Crippen LogP contribution in [0, 0.1) is 0 Å². The summed E-state index contributed by atoms with van der Waals surface area (Å²) in [5.74, 6) is 0. The Morgan fingerprint density at radius 2 is 2.14 bits per heavy atom. The van der Waals surface area contributed by atoms with E-state index >= 15 is 0 Å². The van der Waals surface area contributed by atoms with Gasteiger partial charge < -0.3 is 5.73 Å². The maximum atomic E-state index is 5.92. The van der Waals surface area contributed by atoms with Crippen LogP contribution in [0.25, 0.3) is 11.3 Å². The molecule has 0 amide bonds. The van der Waals surface area contributed by atoms with Gasteiger partial charge >= 0.3 is 0 Å². The molecule has 0 spiro atoms. The van der Waals surface area contributed by atoms with Gasteiger partial charge in [-0.05, 0) is 18.2 Å². The Hall–Kier alpha value is -0.580. The molecule has 1 heterocycles. The monoisotopic (exact) mass is 288 g/mol. The minimum atomic E-state index is 0.566. The minimum Gasteiger partial charge on any atom is -0.375 e. The number of nitrogen functional groups attached to an aromatic ring is 1. The third-order valence-electron chi connectivity index (χ3n) is 1.68. The fourth-order valence-corrected chi connectivity index (χ4v) is 2.55. The SMILES string of the molecule is Nc1nc(-c2cc(Cl)cc(Br)c2)cs1. The van der Waals surface area contributed by atoms with Crippen LogP contribution in [0.1, 0.15) is 0 Å². The van der Waals surface area contributed by atoms with Gasteiger partial charge in [-0.1, -0.05) is 27.5 Å². The lowest BCUT2D eigenvalue weighted by atomic mass is 10.2. The molecular formula is C9H6BrClN2S. The molecular weight excluding hydrogens is 284 g/mol. The predicted molar refractivity (Wildman–Crippen MR) is 64.7 cm³/mol. The first-order valence-corrected chi connectivity index (χ1v) is 5.88. The number of aromatic nitrogens is 1. The third-order valence-corrected chi connectivity index (χ3v) is 3.03. The van der Waals surface area contributed by atoms with Crippen molar-refractivity contribution in [3.8, 4) is 11.3 Å². The Labute approximate surface area is 98.9 Å². The van der Waals surface area contributed by atoms with Gasteiger partial charge in [0, 0.05) is 20.4 Å². The Kier molecular flexibility index (Phi) is 2.76. The summed E-state index contributed by atoms with van der Waals surface area (Å²) in [6.07, 6.45) is 0. The standard InChI is InChI=1S/C9H6BrClN2S/c10-6-1-5(2-7(11)3-6)8-4-14-9(12)13-8/h1-4H,(H2,12,13). The van der Waals surface area contributed by atoms with E-state index in [4.69, 9.17) is 17.3 Å². The summed E-state index contributed by atoms with van der Waals surface area (Å²) < 4.78 is 0.937. The van der Waals surface area contributed by atoms with Crippen LogP contribution >= 0.6 is 38.9 Å². The Bertz CT molecular complexity index is 449. The maximum Gasteiger partial charge on any atom is 0.180 e. The first kappa shape index (κ1) is 9.96. The molecule has 2 N–H and O–H groups in total. The van der Waals surface area contributed by atoms with E-state index in [0.717, 1.165) is 15.7 Å². The van der Waals surface area contributed by atoms with Gasteiger partial charge in [0.1, 0.15) is 0 Å². The summed E-state index contributed by atoms with van der Waals surface area (Å²) in [5.41, 5.74) is 7.38.